The van der Waals surface area contributed by atoms with E-state index in [9.17, 15) is 13.2 Å². The number of hydrogen-bond acceptors (Lipinski definition) is 3. The van der Waals surface area contributed by atoms with Gasteiger partial charge in [-0.1, -0.05) is 48.0 Å². The predicted molar refractivity (Wildman–Crippen MR) is 103 cm³/mol. The molecular formula is C19H19Cl2NO3S. The van der Waals surface area contributed by atoms with Crippen LogP contribution in [-0.2, 0) is 21.2 Å². The number of halogens is 2. The Morgan fingerprint density at radius 1 is 1.12 bits per heavy atom. The molecule has 2 aromatic carbocycles. The zero-order valence-electron chi connectivity index (χ0n) is 14.2. The van der Waals surface area contributed by atoms with E-state index in [1.54, 1.807) is 12.1 Å². The minimum atomic E-state index is -3.97. The third-order valence-corrected chi connectivity index (χ3v) is 7.45. The Balaban J connectivity index is 1.96. The van der Waals surface area contributed by atoms with E-state index < -0.39 is 26.7 Å². The fourth-order valence-corrected chi connectivity index (χ4v) is 5.52. The molecule has 1 aliphatic rings. The van der Waals surface area contributed by atoms with Gasteiger partial charge in [-0.2, -0.15) is 0 Å². The highest BCUT2D eigenvalue weighted by molar-refractivity contribution is 7.89. The molecule has 2 atom stereocenters. The van der Waals surface area contributed by atoms with Gasteiger partial charge in [0.15, 0.2) is 0 Å². The lowest BCUT2D eigenvalue weighted by molar-refractivity contribution is -0.126. The van der Waals surface area contributed by atoms with Crippen molar-refractivity contribution < 1.29 is 13.2 Å². The summed E-state index contributed by atoms with van der Waals surface area (Å²) in [6, 6.07) is 15.7. The Morgan fingerprint density at radius 3 is 2.31 bits per heavy atom. The molecule has 0 unspecified atom stereocenters. The molecule has 1 amide bonds. The molecule has 0 N–H and O–H groups in total. The third-order valence-electron chi connectivity index (χ3n) is 4.71. The van der Waals surface area contributed by atoms with Crippen LogP contribution in [0.1, 0.15) is 11.1 Å². The summed E-state index contributed by atoms with van der Waals surface area (Å²) >= 11 is 12.7. The number of hydrogen-bond donors (Lipinski definition) is 0. The van der Waals surface area contributed by atoms with E-state index in [1.165, 1.54) is 12.1 Å². The van der Waals surface area contributed by atoms with Gasteiger partial charge in [0.05, 0.1) is 4.90 Å². The molecule has 1 fully saturated rings. The van der Waals surface area contributed by atoms with E-state index in [1.807, 2.05) is 37.3 Å². The predicted octanol–water partition coefficient (Wildman–Crippen LogP) is 3.60. The third kappa shape index (κ3) is 3.36. The Bertz CT molecular complexity index is 900. The summed E-state index contributed by atoms with van der Waals surface area (Å²) in [6.07, 6.45) is 0.228. The topological polar surface area (TPSA) is 54.5 Å². The molecule has 0 saturated carbocycles. The Labute approximate surface area is 163 Å². The first-order valence-electron chi connectivity index (χ1n) is 8.21. The van der Waals surface area contributed by atoms with Crippen molar-refractivity contribution in [2.24, 2.45) is 5.92 Å². The maximum atomic E-state index is 13.0. The van der Waals surface area contributed by atoms with Crippen LogP contribution < -0.4 is 0 Å². The van der Waals surface area contributed by atoms with Crippen LogP contribution in [0.25, 0.3) is 0 Å². The van der Waals surface area contributed by atoms with Crippen LogP contribution in [0.5, 0.6) is 0 Å². The van der Waals surface area contributed by atoms with E-state index in [2.05, 4.69) is 0 Å². The molecule has 2 aromatic rings. The smallest absolute Gasteiger partial charge is 0.266 e. The molecule has 1 aliphatic heterocycles. The van der Waals surface area contributed by atoms with E-state index in [4.69, 9.17) is 23.2 Å². The van der Waals surface area contributed by atoms with Gasteiger partial charge in [-0.25, -0.2) is 12.7 Å². The van der Waals surface area contributed by atoms with E-state index in [-0.39, 0.29) is 23.7 Å². The average molecular weight is 412 g/mol. The largest absolute Gasteiger partial charge is 0.272 e. The van der Waals surface area contributed by atoms with E-state index >= 15 is 0 Å². The van der Waals surface area contributed by atoms with Gasteiger partial charge in [-0.05, 0) is 24.6 Å². The number of alkyl halides is 2. The number of nitrogens with zero attached hydrogens (tertiary/aromatic N) is 1. The van der Waals surface area contributed by atoms with Gasteiger partial charge < -0.3 is 0 Å². The quantitative estimate of drug-likeness (QED) is 0.706. The lowest BCUT2D eigenvalue weighted by atomic mass is 9.89. The average Bonchev–Trinajstić information content (AvgIpc) is 2.87. The number of aryl methyl sites for hydroxylation is 1. The first kappa shape index (κ1) is 19.2. The summed E-state index contributed by atoms with van der Waals surface area (Å²) in [5.74, 6) is -0.991. The van der Waals surface area contributed by atoms with Crippen molar-refractivity contribution in [3.05, 3.63) is 65.7 Å². The lowest BCUT2D eigenvalue weighted by Gasteiger charge is -2.24. The summed E-state index contributed by atoms with van der Waals surface area (Å²) in [6.45, 7) is 1.85. The molecule has 7 heteroatoms. The number of amides is 1. The molecule has 4 nitrogen and oxygen atoms in total. The second-order valence-corrected chi connectivity index (χ2v) is 9.38. The normalized spacial score (nSPS) is 23.4. The van der Waals surface area contributed by atoms with Crippen LogP contribution in [-0.4, -0.2) is 35.9 Å². The zero-order valence-corrected chi connectivity index (χ0v) is 16.6. The van der Waals surface area contributed by atoms with Crippen molar-refractivity contribution in [3.63, 3.8) is 0 Å². The fraction of sp³-hybridized carbons (Fsp3) is 0.316. The van der Waals surface area contributed by atoms with Gasteiger partial charge in [-0.3, -0.25) is 4.79 Å². The van der Waals surface area contributed by atoms with E-state index in [0.29, 0.717) is 0 Å². The van der Waals surface area contributed by atoms with Gasteiger partial charge in [0, 0.05) is 24.8 Å². The van der Waals surface area contributed by atoms with Gasteiger partial charge in [0.2, 0.25) is 0 Å². The zero-order chi connectivity index (χ0) is 18.9. The van der Waals surface area contributed by atoms with Crippen molar-refractivity contribution in [2.45, 2.75) is 23.1 Å². The standard InChI is InChI=1S/C19H19Cl2NO3S/c1-14-7-9-17(10-8-14)26(24,25)22-13-16(12-20)19(21,18(22)23)11-15-5-3-2-4-6-15/h2-10,16H,11-13H2,1H3/t16-,19+/m1/s1. The summed E-state index contributed by atoms with van der Waals surface area (Å²) in [5, 5.41) is 0. The molecular weight excluding hydrogens is 393 g/mol. The highest BCUT2D eigenvalue weighted by Crippen LogP contribution is 2.41. The molecule has 3 rings (SSSR count). The molecule has 0 radical (unpaired) electrons. The first-order valence-corrected chi connectivity index (χ1v) is 10.6. The molecule has 1 heterocycles. The number of sulfonamides is 1. The van der Waals surface area contributed by atoms with Gasteiger partial charge in [0.25, 0.3) is 15.9 Å². The summed E-state index contributed by atoms with van der Waals surface area (Å²) in [4.78, 5) is 11.7. The summed E-state index contributed by atoms with van der Waals surface area (Å²) < 4.78 is 26.8. The van der Waals surface area contributed by atoms with Crippen molar-refractivity contribution >= 4 is 39.1 Å². The summed E-state index contributed by atoms with van der Waals surface area (Å²) in [7, 11) is -3.97. The lowest BCUT2D eigenvalue weighted by Crippen LogP contribution is -2.42. The highest BCUT2D eigenvalue weighted by Gasteiger charge is 2.56. The molecule has 0 aromatic heterocycles. The number of carbonyl (C=O) groups is 1. The molecule has 1 saturated heterocycles. The second-order valence-electron chi connectivity index (χ2n) is 6.53. The Morgan fingerprint density at radius 2 is 1.73 bits per heavy atom. The van der Waals surface area contributed by atoms with Crippen molar-refractivity contribution in [1.29, 1.82) is 0 Å². The maximum absolute atomic E-state index is 13.0. The van der Waals surface area contributed by atoms with Crippen LogP contribution in [0.2, 0.25) is 0 Å². The van der Waals surface area contributed by atoms with Crippen molar-refractivity contribution in [3.8, 4) is 0 Å². The monoisotopic (exact) mass is 411 g/mol. The number of rotatable bonds is 5. The van der Waals surface area contributed by atoms with Crippen LogP contribution >= 0.6 is 23.2 Å². The molecule has 26 heavy (non-hydrogen) atoms. The Kier molecular flexibility index (Phi) is 5.33. The van der Waals surface area contributed by atoms with Crippen LogP contribution in [0.3, 0.4) is 0 Å². The molecule has 0 aliphatic carbocycles. The molecule has 0 spiro atoms. The number of benzene rings is 2. The van der Waals surface area contributed by atoms with Gasteiger partial charge >= 0.3 is 0 Å². The van der Waals surface area contributed by atoms with E-state index in [0.717, 1.165) is 15.4 Å². The van der Waals surface area contributed by atoms with Gasteiger partial charge in [-0.15, -0.1) is 23.2 Å². The number of carbonyl (C=O) groups excluding carboxylic acids is 1. The molecule has 0 bridgehead atoms. The van der Waals surface area contributed by atoms with Crippen LogP contribution in [0, 0.1) is 12.8 Å². The van der Waals surface area contributed by atoms with Crippen LogP contribution in [0.4, 0.5) is 0 Å². The minimum absolute atomic E-state index is 0.0190. The van der Waals surface area contributed by atoms with Crippen LogP contribution in [0.15, 0.2) is 59.5 Å². The molecule has 138 valence electrons. The van der Waals surface area contributed by atoms with Crippen molar-refractivity contribution in [2.75, 3.05) is 12.4 Å². The Hall–Kier alpha value is -1.56. The highest BCUT2D eigenvalue weighted by atomic mass is 35.5. The van der Waals surface area contributed by atoms with Crippen molar-refractivity contribution in [1.82, 2.24) is 4.31 Å². The maximum Gasteiger partial charge on any atom is 0.266 e. The SMILES string of the molecule is Cc1ccc(S(=O)(=O)N2C[C@@H](CCl)[C@@](Cl)(Cc3ccccc3)C2=O)cc1. The summed E-state index contributed by atoms with van der Waals surface area (Å²) in [5.41, 5.74) is 1.80. The van der Waals surface area contributed by atoms with Gasteiger partial charge in [0.1, 0.15) is 4.87 Å². The first-order chi connectivity index (χ1) is 12.3. The fourth-order valence-electron chi connectivity index (χ4n) is 3.14. The minimum Gasteiger partial charge on any atom is -0.272 e. The second kappa shape index (κ2) is 7.22.